The number of aromatic nitrogens is 2. The van der Waals surface area contributed by atoms with Gasteiger partial charge in [0.15, 0.2) is 0 Å². The van der Waals surface area contributed by atoms with Crippen molar-refractivity contribution >= 4 is 50.0 Å². The maximum absolute atomic E-state index is 12.7. The molecule has 1 aliphatic carbocycles. The van der Waals surface area contributed by atoms with E-state index in [2.05, 4.69) is 28.6 Å². The fourth-order valence-electron chi connectivity index (χ4n) is 5.03. The summed E-state index contributed by atoms with van der Waals surface area (Å²) in [7, 11) is 1.79. The van der Waals surface area contributed by atoms with E-state index in [0.29, 0.717) is 18.7 Å². The zero-order chi connectivity index (χ0) is 27.3. The second kappa shape index (κ2) is 9.66. The summed E-state index contributed by atoms with van der Waals surface area (Å²) >= 11 is 3.34. The zero-order valence-electron chi connectivity index (χ0n) is 21.7. The molecule has 9 heteroatoms. The first-order valence-electron chi connectivity index (χ1n) is 12.7. The SMILES string of the molecule is Cc1cc(-c2cc3sc(-c4cnn(C)c4NC(=O)OC(C)c4ccccc4)cc3s2)ccc1C1(C(=O)O)CC1. The van der Waals surface area contributed by atoms with Crippen LogP contribution in [0.5, 0.6) is 0 Å². The van der Waals surface area contributed by atoms with E-state index in [1.165, 1.54) is 0 Å². The van der Waals surface area contributed by atoms with Crippen LogP contribution in [-0.2, 0) is 22.0 Å². The van der Waals surface area contributed by atoms with Crippen molar-refractivity contribution in [1.29, 1.82) is 0 Å². The first kappa shape index (κ1) is 25.3. The number of carboxylic acid groups (broad SMARTS) is 1. The van der Waals surface area contributed by atoms with Gasteiger partial charge in [-0.3, -0.25) is 14.8 Å². The third-order valence-electron chi connectivity index (χ3n) is 7.37. The second-order valence-corrected chi connectivity index (χ2v) is 12.1. The van der Waals surface area contributed by atoms with Gasteiger partial charge >= 0.3 is 12.1 Å². The van der Waals surface area contributed by atoms with Gasteiger partial charge in [0.1, 0.15) is 11.9 Å². The number of nitrogens with one attached hydrogen (secondary N) is 1. The van der Waals surface area contributed by atoms with Crippen LogP contribution in [0.4, 0.5) is 10.6 Å². The van der Waals surface area contributed by atoms with Crippen LogP contribution < -0.4 is 5.32 Å². The largest absolute Gasteiger partial charge is 0.481 e. The molecule has 2 aromatic carbocycles. The van der Waals surface area contributed by atoms with E-state index in [-0.39, 0.29) is 6.10 Å². The van der Waals surface area contributed by atoms with Crippen molar-refractivity contribution in [1.82, 2.24) is 9.78 Å². The molecule has 0 bridgehead atoms. The average Bonchev–Trinajstić information content (AvgIpc) is 3.31. The molecule has 0 aliphatic heterocycles. The smallest absolute Gasteiger partial charge is 0.413 e. The number of hydrogen-bond acceptors (Lipinski definition) is 6. The van der Waals surface area contributed by atoms with Gasteiger partial charge in [-0.1, -0.05) is 48.5 Å². The average molecular weight is 558 g/mol. The molecule has 198 valence electrons. The minimum atomic E-state index is -0.731. The normalized spacial score (nSPS) is 14.7. The molecule has 3 heterocycles. The van der Waals surface area contributed by atoms with Crippen molar-refractivity contribution in [3.8, 4) is 20.9 Å². The molecule has 0 saturated heterocycles. The number of anilines is 1. The van der Waals surface area contributed by atoms with E-state index in [9.17, 15) is 14.7 Å². The molecule has 6 rings (SSSR count). The van der Waals surface area contributed by atoms with E-state index >= 15 is 0 Å². The molecule has 7 nitrogen and oxygen atoms in total. The van der Waals surface area contributed by atoms with Crippen molar-refractivity contribution in [3.63, 3.8) is 0 Å². The summed E-state index contributed by atoms with van der Waals surface area (Å²) in [6.45, 7) is 3.84. The topological polar surface area (TPSA) is 93.5 Å². The summed E-state index contributed by atoms with van der Waals surface area (Å²) in [5, 5.41) is 16.9. The Balaban J connectivity index is 1.22. The van der Waals surface area contributed by atoms with Gasteiger partial charge in [-0.2, -0.15) is 5.10 Å². The number of carboxylic acids is 1. The Morgan fingerprint density at radius 2 is 1.74 bits per heavy atom. The number of thiophene rings is 2. The molecule has 1 amide bonds. The maximum atomic E-state index is 12.7. The predicted molar refractivity (Wildman–Crippen MR) is 156 cm³/mol. The van der Waals surface area contributed by atoms with Crippen LogP contribution in [0.3, 0.4) is 0 Å². The number of nitrogens with zero attached hydrogens (tertiary/aromatic N) is 2. The van der Waals surface area contributed by atoms with Gasteiger partial charge in [-0.05, 0) is 61.1 Å². The van der Waals surface area contributed by atoms with Crippen LogP contribution in [0.15, 0.2) is 66.9 Å². The highest BCUT2D eigenvalue weighted by atomic mass is 32.1. The lowest BCUT2D eigenvalue weighted by Gasteiger charge is -2.15. The highest BCUT2D eigenvalue weighted by Crippen LogP contribution is 2.50. The molecule has 0 radical (unpaired) electrons. The van der Waals surface area contributed by atoms with Gasteiger partial charge in [-0.25, -0.2) is 4.79 Å². The molecule has 0 spiro atoms. The molecule has 39 heavy (non-hydrogen) atoms. The highest BCUT2D eigenvalue weighted by Gasteiger charge is 2.52. The van der Waals surface area contributed by atoms with Crippen LogP contribution in [-0.4, -0.2) is 26.9 Å². The Morgan fingerprint density at radius 3 is 2.41 bits per heavy atom. The molecule has 2 N–H and O–H groups in total. The monoisotopic (exact) mass is 557 g/mol. The minimum Gasteiger partial charge on any atom is -0.481 e. The van der Waals surface area contributed by atoms with E-state index < -0.39 is 17.5 Å². The molecular weight excluding hydrogens is 530 g/mol. The second-order valence-electron chi connectivity index (χ2n) is 9.98. The molecule has 1 aliphatic rings. The zero-order valence-corrected chi connectivity index (χ0v) is 23.4. The van der Waals surface area contributed by atoms with E-state index in [4.69, 9.17) is 4.74 Å². The number of amides is 1. The van der Waals surface area contributed by atoms with Gasteiger partial charge in [0, 0.05) is 26.2 Å². The molecule has 1 fully saturated rings. The Labute approximate surface area is 233 Å². The molecule has 3 aromatic heterocycles. The lowest BCUT2D eigenvalue weighted by atomic mass is 9.90. The summed E-state index contributed by atoms with van der Waals surface area (Å²) in [6.07, 6.45) is 2.24. The van der Waals surface area contributed by atoms with Crippen molar-refractivity contribution < 1.29 is 19.4 Å². The molecule has 1 unspecified atom stereocenters. The molecule has 5 aromatic rings. The molecule has 1 atom stereocenters. The van der Waals surface area contributed by atoms with Crippen LogP contribution in [0.1, 0.15) is 42.6 Å². The number of fused-ring (bicyclic) bond motifs is 1. The summed E-state index contributed by atoms with van der Waals surface area (Å²) in [4.78, 5) is 26.6. The van der Waals surface area contributed by atoms with Crippen LogP contribution in [0.2, 0.25) is 0 Å². The number of ether oxygens (including phenoxy) is 1. The minimum absolute atomic E-state index is 0.384. The number of carbonyl (C=O) groups is 2. The van der Waals surface area contributed by atoms with E-state index in [1.807, 2.05) is 56.3 Å². The van der Waals surface area contributed by atoms with E-state index in [0.717, 1.165) is 47.0 Å². The predicted octanol–water partition coefficient (Wildman–Crippen LogP) is 7.76. The van der Waals surface area contributed by atoms with Crippen LogP contribution >= 0.6 is 22.7 Å². The van der Waals surface area contributed by atoms with Crippen LogP contribution in [0.25, 0.3) is 30.3 Å². The first-order chi connectivity index (χ1) is 18.7. The number of carbonyl (C=O) groups excluding carboxylic acids is 1. The number of aliphatic carboxylic acids is 1. The van der Waals surface area contributed by atoms with Crippen molar-refractivity contribution in [3.05, 3.63) is 83.6 Å². The van der Waals surface area contributed by atoms with Crippen LogP contribution in [0, 0.1) is 6.92 Å². The van der Waals surface area contributed by atoms with Crippen molar-refractivity contribution in [2.75, 3.05) is 5.32 Å². The van der Waals surface area contributed by atoms with Gasteiger partial charge in [0.25, 0.3) is 0 Å². The lowest BCUT2D eigenvalue weighted by Crippen LogP contribution is -2.20. The third-order valence-corrected chi connectivity index (χ3v) is 9.75. The first-order valence-corrected chi connectivity index (χ1v) is 14.3. The van der Waals surface area contributed by atoms with Gasteiger partial charge in [0.05, 0.1) is 17.2 Å². The quantitative estimate of drug-likeness (QED) is 0.213. The summed E-state index contributed by atoms with van der Waals surface area (Å²) in [5.74, 6) is -0.154. The van der Waals surface area contributed by atoms with Gasteiger partial charge < -0.3 is 9.84 Å². The maximum Gasteiger partial charge on any atom is 0.413 e. The van der Waals surface area contributed by atoms with E-state index in [1.54, 1.807) is 40.6 Å². The Hall–Kier alpha value is -3.95. The van der Waals surface area contributed by atoms with Gasteiger partial charge in [-0.15, -0.1) is 22.7 Å². The number of aryl methyl sites for hydroxylation is 2. The standard InChI is InChI=1S/C30H27N3O4S2/c1-17-13-20(9-10-22(17)30(11-12-30)28(34)35)23-14-25-26(38-23)15-24(39-25)21-16-31-33(3)27(21)32-29(36)37-18(2)19-7-5-4-6-8-19/h4-10,13-16,18H,11-12H2,1-3H3,(H,32,36)(H,34,35). The fourth-order valence-corrected chi connectivity index (χ4v) is 7.44. The number of hydrogen-bond donors (Lipinski definition) is 2. The Morgan fingerprint density at radius 1 is 1.05 bits per heavy atom. The number of benzene rings is 2. The Bertz CT molecular complexity index is 1680. The third kappa shape index (κ3) is 4.62. The lowest BCUT2D eigenvalue weighted by molar-refractivity contribution is -0.140. The Kier molecular flexibility index (Phi) is 6.28. The summed E-state index contributed by atoms with van der Waals surface area (Å²) in [5.41, 5.74) is 4.09. The number of rotatable bonds is 7. The fraction of sp³-hybridized carbons (Fsp3) is 0.233. The summed E-state index contributed by atoms with van der Waals surface area (Å²) in [6, 6.07) is 20.0. The van der Waals surface area contributed by atoms with Crippen molar-refractivity contribution in [2.24, 2.45) is 7.05 Å². The van der Waals surface area contributed by atoms with Crippen molar-refractivity contribution in [2.45, 2.75) is 38.2 Å². The van der Waals surface area contributed by atoms with Gasteiger partial charge in [0.2, 0.25) is 0 Å². The highest BCUT2D eigenvalue weighted by molar-refractivity contribution is 7.31. The molecule has 1 saturated carbocycles. The summed E-state index contributed by atoms with van der Waals surface area (Å²) < 4.78 is 9.53. The molecular formula is C30H27N3O4S2.